The predicted octanol–water partition coefficient (Wildman–Crippen LogP) is 3.09. The van der Waals surface area contributed by atoms with Crippen molar-refractivity contribution >= 4 is 0 Å². The lowest BCUT2D eigenvalue weighted by molar-refractivity contribution is 1.15. The number of hydrogen-bond acceptors (Lipinski definition) is 1. The van der Waals surface area contributed by atoms with Gasteiger partial charge in [-0.25, -0.2) is 0 Å². The fourth-order valence-electron chi connectivity index (χ4n) is 1.10. The van der Waals surface area contributed by atoms with Crippen LogP contribution in [0.4, 0.5) is 0 Å². The van der Waals surface area contributed by atoms with Crippen LogP contribution in [0.15, 0.2) is 42.0 Å². The van der Waals surface area contributed by atoms with E-state index in [0.717, 1.165) is 12.0 Å². The highest BCUT2D eigenvalue weighted by atomic mass is 14.2. The fraction of sp³-hybridized carbons (Fsp3) is 0.250. The number of benzene rings is 1. The van der Waals surface area contributed by atoms with Crippen LogP contribution in [-0.4, -0.2) is 0 Å². The van der Waals surface area contributed by atoms with Crippen LogP contribution in [0.2, 0.25) is 0 Å². The lowest BCUT2D eigenvalue weighted by atomic mass is 10.1. The van der Waals surface area contributed by atoms with E-state index in [1.165, 1.54) is 5.56 Å². The molecule has 0 aromatic heterocycles. The van der Waals surface area contributed by atoms with Crippen LogP contribution >= 0.6 is 0 Å². The minimum atomic E-state index is 0.535. The Hall–Kier alpha value is -1.55. The van der Waals surface area contributed by atoms with Crippen LogP contribution in [0, 0.1) is 11.3 Å². The van der Waals surface area contributed by atoms with Crippen LogP contribution in [-0.2, 0) is 6.42 Å². The molecule has 0 amide bonds. The Morgan fingerprint density at radius 1 is 1.38 bits per heavy atom. The van der Waals surface area contributed by atoms with E-state index in [-0.39, 0.29) is 0 Å². The second-order valence-corrected chi connectivity index (χ2v) is 3.08. The molecule has 0 atom stereocenters. The molecular weight excluding hydrogens is 158 g/mol. The second-order valence-electron chi connectivity index (χ2n) is 3.08. The third-order valence-electron chi connectivity index (χ3n) is 1.89. The highest BCUT2D eigenvalue weighted by Gasteiger charge is 1.89. The molecule has 1 rings (SSSR count). The van der Waals surface area contributed by atoms with Crippen molar-refractivity contribution in [1.82, 2.24) is 0 Å². The van der Waals surface area contributed by atoms with Crippen molar-refractivity contribution in [2.75, 3.05) is 0 Å². The Morgan fingerprint density at radius 3 is 2.69 bits per heavy atom. The maximum Gasteiger partial charge on any atom is 0.0666 e. The first-order valence-electron chi connectivity index (χ1n) is 4.39. The van der Waals surface area contributed by atoms with Crippen LogP contribution in [0.25, 0.3) is 0 Å². The highest BCUT2D eigenvalue weighted by molar-refractivity contribution is 5.19. The predicted molar refractivity (Wildman–Crippen MR) is 54.1 cm³/mol. The van der Waals surface area contributed by atoms with Gasteiger partial charge >= 0.3 is 0 Å². The van der Waals surface area contributed by atoms with Gasteiger partial charge in [0.15, 0.2) is 0 Å². The molecule has 0 saturated heterocycles. The van der Waals surface area contributed by atoms with Gasteiger partial charge in [0.2, 0.25) is 0 Å². The summed E-state index contributed by atoms with van der Waals surface area (Å²) >= 11 is 0. The molecule has 0 bridgehead atoms. The first kappa shape index (κ1) is 9.54. The number of nitrogens with zero attached hydrogens (tertiary/aromatic N) is 1. The van der Waals surface area contributed by atoms with Gasteiger partial charge in [0.05, 0.1) is 12.5 Å². The summed E-state index contributed by atoms with van der Waals surface area (Å²) in [7, 11) is 0. The molecular formula is C12H13N. The zero-order valence-corrected chi connectivity index (χ0v) is 7.83. The van der Waals surface area contributed by atoms with E-state index in [1.54, 1.807) is 0 Å². The van der Waals surface area contributed by atoms with Gasteiger partial charge in [0, 0.05) is 0 Å². The highest BCUT2D eigenvalue weighted by Crippen LogP contribution is 2.04. The average molecular weight is 171 g/mol. The summed E-state index contributed by atoms with van der Waals surface area (Å²) < 4.78 is 0. The Morgan fingerprint density at radius 2 is 2.08 bits per heavy atom. The van der Waals surface area contributed by atoms with Crippen molar-refractivity contribution in [3.63, 3.8) is 0 Å². The van der Waals surface area contributed by atoms with Crippen LogP contribution in [0.3, 0.4) is 0 Å². The molecule has 0 aliphatic rings. The molecule has 66 valence electrons. The normalized spacial score (nSPS) is 10.9. The number of allylic oxidation sites excluding steroid dienone is 2. The van der Waals surface area contributed by atoms with Crippen molar-refractivity contribution in [2.45, 2.75) is 19.8 Å². The first-order chi connectivity index (χ1) is 6.33. The van der Waals surface area contributed by atoms with Crippen LogP contribution < -0.4 is 0 Å². The molecule has 0 radical (unpaired) electrons. The summed E-state index contributed by atoms with van der Waals surface area (Å²) in [4.78, 5) is 0. The lowest BCUT2D eigenvalue weighted by Gasteiger charge is -1.96. The molecule has 1 aromatic carbocycles. The topological polar surface area (TPSA) is 23.8 Å². The fourth-order valence-corrected chi connectivity index (χ4v) is 1.10. The van der Waals surface area contributed by atoms with Crippen LogP contribution in [0.1, 0.15) is 18.9 Å². The largest absolute Gasteiger partial charge is 0.198 e. The summed E-state index contributed by atoms with van der Waals surface area (Å²) in [5, 5.41) is 8.44. The summed E-state index contributed by atoms with van der Waals surface area (Å²) in [6.45, 7) is 1.99. The van der Waals surface area contributed by atoms with Crippen molar-refractivity contribution in [2.24, 2.45) is 0 Å². The van der Waals surface area contributed by atoms with Gasteiger partial charge in [-0.1, -0.05) is 42.0 Å². The van der Waals surface area contributed by atoms with E-state index >= 15 is 0 Å². The molecule has 0 fully saturated rings. The van der Waals surface area contributed by atoms with Crippen molar-refractivity contribution in [1.29, 1.82) is 5.26 Å². The summed E-state index contributed by atoms with van der Waals surface area (Å²) in [6, 6.07) is 12.4. The molecule has 0 spiro atoms. The molecule has 0 aliphatic heterocycles. The Labute approximate surface area is 79.3 Å². The van der Waals surface area contributed by atoms with Gasteiger partial charge in [0.1, 0.15) is 0 Å². The van der Waals surface area contributed by atoms with Crippen molar-refractivity contribution < 1.29 is 0 Å². The molecule has 1 aromatic rings. The second kappa shape index (κ2) is 5.16. The average Bonchev–Trinajstić information content (AvgIpc) is 2.17. The van der Waals surface area contributed by atoms with Gasteiger partial charge in [-0.3, -0.25) is 0 Å². The van der Waals surface area contributed by atoms with E-state index in [2.05, 4.69) is 24.3 Å². The minimum absolute atomic E-state index is 0.535. The smallest absolute Gasteiger partial charge is 0.0666 e. The number of nitriles is 1. The Kier molecular flexibility index (Phi) is 3.78. The Bertz CT molecular complexity index is 317. The molecule has 0 aliphatic carbocycles. The summed E-state index contributed by atoms with van der Waals surface area (Å²) in [5.41, 5.74) is 2.44. The minimum Gasteiger partial charge on any atom is -0.198 e. The molecule has 1 heteroatoms. The molecule has 13 heavy (non-hydrogen) atoms. The zero-order chi connectivity index (χ0) is 9.52. The monoisotopic (exact) mass is 171 g/mol. The van der Waals surface area contributed by atoms with E-state index in [1.807, 2.05) is 25.1 Å². The van der Waals surface area contributed by atoms with Gasteiger partial charge in [-0.05, 0) is 18.9 Å². The molecule has 0 saturated carbocycles. The van der Waals surface area contributed by atoms with Crippen molar-refractivity contribution in [3.8, 4) is 6.07 Å². The number of rotatable bonds is 3. The standard InChI is InChI=1S/C12H13N/c1-11(9-10-13)7-8-12-5-3-2-4-6-12/h2-7H,8-9H2,1H3/b11-7+. The van der Waals surface area contributed by atoms with E-state index in [0.29, 0.717) is 6.42 Å². The van der Waals surface area contributed by atoms with Gasteiger partial charge < -0.3 is 0 Å². The maximum absolute atomic E-state index is 8.44. The first-order valence-corrected chi connectivity index (χ1v) is 4.39. The SMILES string of the molecule is C/C(=C\Cc1ccccc1)CC#N. The zero-order valence-electron chi connectivity index (χ0n) is 7.83. The quantitative estimate of drug-likeness (QED) is 0.641. The van der Waals surface area contributed by atoms with Crippen molar-refractivity contribution in [3.05, 3.63) is 47.5 Å². The third kappa shape index (κ3) is 3.57. The molecule has 0 unspecified atom stereocenters. The summed E-state index contributed by atoms with van der Waals surface area (Å²) in [6.07, 6.45) is 3.57. The molecule has 1 nitrogen and oxygen atoms in total. The Balaban J connectivity index is 2.53. The summed E-state index contributed by atoms with van der Waals surface area (Å²) in [5.74, 6) is 0. The maximum atomic E-state index is 8.44. The van der Waals surface area contributed by atoms with Gasteiger partial charge in [0.25, 0.3) is 0 Å². The number of hydrogen-bond donors (Lipinski definition) is 0. The van der Waals surface area contributed by atoms with Gasteiger partial charge in [-0.2, -0.15) is 5.26 Å². The van der Waals surface area contributed by atoms with E-state index < -0.39 is 0 Å². The molecule has 0 N–H and O–H groups in total. The van der Waals surface area contributed by atoms with E-state index in [4.69, 9.17) is 5.26 Å². The molecule has 0 heterocycles. The lowest BCUT2D eigenvalue weighted by Crippen LogP contribution is -1.81. The van der Waals surface area contributed by atoms with E-state index in [9.17, 15) is 0 Å². The van der Waals surface area contributed by atoms with Crippen LogP contribution in [0.5, 0.6) is 0 Å². The third-order valence-corrected chi connectivity index (χ3v) is 1.89. The van der Waals surface area contributed by atoms with Gasteiger partial charge in [-0.15, -0.1) is 0 Å².